The molecule has 0 unspecified atom stereocenters. The number of nitrogens with zero attached hydrogens (tertiary/aromatic N) is 1. The van der Waals surface area contributed by atoms with E-state index >= 15 is 0 Å². The molecule has 0 saturated carbocycles. The average Bonchev–Trinajstić information content (AvgIpc) is 2.12. The van der Waals surface area contributed by atoms with Crippen LogP contribution in [0.1, 0.15) is 6.92 Å². The first-order valence-electron chi connectivity index (χ1n) is 3.87. The van der Waals surface area contributed by atoms with Crippen molar-refractivity contribution in [1.82, 2.24) is 5.32 Å². The second kappa shape index (κ2) is 1.70. The van der Waals surface area contributed by atoms with Gasteiger partial charge in [0.05, 0.1) is 25.6 Å². The zero-order valence-electron chi connectivity index (χ0n) is 6.06. The Morgan fingerprint density at radius 2 is 2.22 bits per heavy atom. The van der Waals surface area contributed by atoms with Crippen molar-refractivity contribution in [2.24, 2.45) is 5.92 Å². The Balaban J connectivity index is 1.95. The monoisotopic (exact) mass is 127 g/mol. The SMILES string of the molecule is CC1C[N+]2(CCNC2)C1. The molecule has 0 aliphatic carbocycles. The van der Waals surface area contributed by atoms with Gasteiger partial charge in [-0.2, -0.15) is 0 Å². The molecular formula is C7H15N2+. The van der Waals surface area contributed by atoms with E-state index in [9.17, 15) is 0 Å². The molecule has 0 aromatic rings. The minimum absolute atomic E-state index is 0.991. The Morgan fingerprint density at radius 1 is 1.44 bits per heavy atom. The van der Waals surface area contributed by atoms with E-state index in [4.69, 9.17) is 0 Å². The van der Waals surface area contributed by atoms with Crippen LogP contribution >= 0.6 is 0 Å². The van der Waals surface area contributed by atoms with E-state index in [0.29, 0.717) is 0 Å². The standard InChI is InChI=1S/C7H15N2/c1-7-4-9(5-7)3-2-8-6-9/h7-8H,2-6H2,1H3/q+1. The normalized spacial score (nSPS) is 49.7. The quantitative estimate of drug-likeness (QED) is 0.452. The number of quaternary nitrogens is 1. The van der Waals surface area contributed by atoms with Gasteiger partial charge in [-0.25, -0.2) is 0 Å². The van der Waals surface area contributed by atoms with Crippen molar-refractivity contribution in [3.8, 4) is 0 Å². The third-order valence-corrected chi connectivity index (χ3v) is 2.61. The maximum atomic E-state index is 3.41. The van der Waals surface area contributed by atoms with E-state index in [0.717, 1.165) is 5.92 Å². The molecule has 0 amide bonds. The summed E-state index contributed by atoms with van der Waals surface area (Å²) in [5.41, 5.74) is 0. The fourth-order valence-electron chi connectivity index (χ4n) is 2.29. The summed E-state index contributed by atoms with van der Waals surface area (Å²) in [6.07, 6.45) is 0. The van der Waals surface area contributed by atoms with E-state index in [2.05, 4.69) is 12.2 Å². The maximum absolute atomic E-state index is 3.41. The average molecular weight is 127 g/mol. The molecule has 0 atom stereocenters. The van der Waals surface area contributed by atoms with Gasteiger partial charge in [-0.15, -0.1) is 0 Å². The molecule has 52 valence electrons. The molecule has 2 fully saturated rings. The van der Waals surface area contributed by atoms with Gasteiger partial charge >= 0.3 is 0 Å². The molecule has 1 N–H and O–H groups in total. The third-order valence-electron chi connectivity index (χ3n) is 2.61. The van der Waals surface area contributed by atoms with Crippen LogP contribution in [0, 0.1) is 5.92 Å². The van der Waals surface area contributed by atoms with Crippen molar-refractivity contribution in [2.45, 2.75) is 6.92 Å². The van der Waals surface area contributed by atoms with Crippen LogP contribution < -0.4 is 5.32 Å². The lowest BCUT2D eigenvalue weighted by atomic mass is 10.00. The Labute approximate surface area is 56.4 Å². The summed E-state index contributed by atoms with van der Waals surface area (Å²) in [5, 5.41) is 3.41. The van der Waals surface area contributed by atoms with Crippen LogP contribution in [0.3, 0.4) is 0 Å². The van der Waals surface area contributed by atoms with Gasteiger partial charge in [0, 0.05) is 6.54 Å². The summed E-state index contributed by atoms with van der Waals surface area (Å²) in [6.45, 7) is 9.06. The van der Waals surface area contributed by atoms with Crippen molar-refractivity contribution in [1.29, 1.82) is 0 Å². The van der Waals surface area contributed by atoms with Gasteiger partial charge in [0.2, 0.25) is 0 Å². The highest BCUT2D eigenvalue weighted by Gasteiger charge is 2.43. The summed E-state index contributed by atoms with van der Waals surface area (Å²) >= 11 is 0. The van der Waals surface area contributed by atoms with Crippen molar-refractivity contribution >= 4 is 0 Å². The molecule has 2 aliphatic rings. The molecule has 2 heterocycles. The summed E-state index contributed by atoms with van der Waals surface area (Å²) in [4.78, 5) is 0. The smallest absolute Gasteiger partial charge is 0.132 e. The van der Waals surface area contributed by atoms with Gasteiger partial charge in [-0.05, 0) is 0 Å². The molecule has 9 heavy (non-hydrogen) atoms. The Kier molecular flexibility index (Phi) is 1.08. The molecule has 0 bridgehead atoms. The summed E-state index contributed by atoms with van der Waals surface area (Å²) in [6, 6.07) is 0. The second-order valence-electron chi connectivity index (χ2n) is 3.69. The largest absolute Gasteiger partial charge is 0.309 e. The second-order valence-corrected chi connectivity index (χ2v) is 3.69. The fourth-order valence-corrected chi connectivity index (χ4v) is 2.29. The van der Waals surface area contributed by atoms with Crippen LogP contribution in [0.15, 0.2) is 0 Å². The maximum Gasteiger partial charge on any atom is 0.132 e. The van der Waals surface area contributed by atoms with Crippen LogP contribution in [-0.2, 0) is 0 Å². The molecule has 2 saturated heterocycles. The van der Waals surface area contributed by atoms with E-state index in [1.54, 1.807) is 0 Å². The van der Waals surface area contributed by atoms with Gasteiger partial charge in [0.1, 0.15) is 6.67 Å². The highest BCUT2D eigenvalue weighted by atomic mass is 15.5. The molecule has 0 radical (unpaired) electrons. The van der Waals surface area contributed by atoms with Crippen molar-refractivity contribution in [3.05, 3.63) is 0 Å². The van der Waals surface area contributed by atoms with Gasteiger partial charge < -0.3 is 4.48 Å². The Bertz CT molecular complexity index is 108. The predicted molar refractivity (Wildman–Crippen MR) is 36.9 cm³/mol. The lowest BCUT2D eigenvalue weighted by molar-refractivity contribution is -0.963. The molecule has 0 aromatic heterocycles. The van der Waals surface area contributed by atoms with Gasteiger partial charge in [0.25, 0.3) is 0 Å². The van der Waals surface area contributed by atoms with Crippen LogP contribution in [0.2, 0.25) is 0 Å². The topological polar surface area (TPSA) is 12.0 Å². The zero-order chi connectivity index (χ0) is 6.32. The zero-order valence-corrected chi connectivity index (χ0v) is 6.06. The Morgan fingerprint density at radius 3 is 2.67 bits per heavy atom. The first kappa shape index (κ1) is 5.69. The van der Waals surface area contributed by atoms with E-state index in [1.807, 2.05) is 0 Å². The van der Waals surface area contributed by atoms with E-state index in [-0.39, 0.29) is 0 Å². The lowest BCUT2D eigenvalue weighted by Gasteiger charge is -2.45. The van der Waals surface area contributed by atoms with Crippen LogP contribution in [0.5, 0.6) is 0 Å². The minimum atomic E-state index is 0.991. The van der Waals surface area contributed by atoms with Gasteiger partial charge in [-0.3, -0.25) is 5.32 Å². The summed E-state index contributed by atoms with van der Waals surface area (Å²) in [5.74, 6) is 0.991. The number of hydrogen-bond donors (Lipinski definition) is 1. The first-order chi connectivity index (χ1) is 4.31. The van der Waals surface area contributed by atoms with Gasteiger partial charge in [-0.1, -0.05) is 6.92 Å². The van der Waals surface area contributed by atoms with E-state index in [1.165, 1.54) is 37.3 Å². The van der Waals surface area contributed by atoms with Gasteiger partial charge in [0.15, 0.2) is 0 Å². The van der Waals surface area contributed by atoms with E-state index < -0.39 is 0 Å². The molecule has 2 rings (SSSR count). The number of nitrogens with one attached hydrogen (secondary N) is 1. The van der Waals surface area contributed by atoms with Crippen LogP contribution in [0.25, 0.3) is 0 Å². The third kappa shape index (κ3) is 0.775. The molecule has 2 aliphatic heterocycles. The molecule has 2 heteroatoms. The van der Waals surface area contributed by atoms with Crippen molar-refractivity contribution < 1.29 is 4.48 Å². The summed E-state index contributed by atoms with van der Waals surface area (Å²) < 4.78 is 1.38. The fraction of sp³-hybridized carbons (Fsp3) is 1.00. The molecule has 0 aromatic carbocycles. The first-order valence-corrected chi connectivity index (χ1v) is 3.87. The predicted octanol–water partition coefficient (Wildman–Crippen LogP) is 0.0136. The lowest BCUT2D eigenvalue weighted by Crippen LogP contribution is -2.61. The number of rotatable bonds is 0. The van der Waals surface area contributed by atoms with Crippen LogP contribution in [0.4, 0.5) is 0 Å². The highest BCUT2D eigenvalue weighted by Crippen LogP contribution is 2.25. The van der Waals surface area contributed by atoms with Crippen molar-refractivity contribution in [3.63, 3.8) is 0 Å². The minimum Gasteiger partial charge on any atom is -0.309 e. The molecule has 1 spiro atoms. The highest BCUT2D eigenvalue weighted by molar-refractivity contribution is 4.67. The molecular weight excluding hydrogens is 112 g/mol. The molecule has 2 nitrogen and oxygen atoms in total. The number of hydrogen-bond acceptors (Lipinski definition) is 1. The van der Waals surface area contributed by atoms with Crippen molar-refractivity contribution in [2.75, 3.05) is 32.8 Å². The summed E-state index contributed by atoms with van der Waals surface area (Å²) in [7, 11) is 0. The Hall–Kier alpha value is -0.0800. The van der Waals surface area contributed by atoms with Crippen LogP contribution in [-0.4, -0.2) is 37.3 Å².